The smallest absolute Gasteiger partial charge is 0.388 e. The van der Waals surface area contributed by atoms with Crippen molar-refractivity contribution in [3.05, 3.63) is 0 Å². The SMILES string of the molecule is CO[Si](Br)OC. The second-order valence-electron chi connectivity index (χ2n) is 0.646. The predicted molar refractivity (Wildman–Crippen MR) is 28.7 cm³/mol. The summed E-state index contributed by atoms with van der Waals surface area (Å²) in [5, 5.41) is 0. The molecule has 0 bridgehead atoms. The third kappa shape index (κ3) is 2.83. The first-order valence-corrected chi connectivity index (χ1v) is 4.99. The molecule has 4 heteroatoms. The molecule has 37 valence electrons. The first kappa shape index (κ1) is 6.62. The Morgan fingerprint density at radius 2 is 1.67 bits per heavy atom. The van der Waals surface area contributed by atoms with Crippen LogP contribution in [0, 0.1) is 0 Å². The van der Waals surface area contributed by atoms with E-state index in [2.05, 4.69) is 15.3 Å². The van der Waals surface area contributed by atoms with E-state index in [0.29, 0.717) is 0 Å². The zero-order chi connectivity index (χ0) is 4.99. The van der Waals surface area contributed by atoms with Crippen LogP contribution < -0.4 is 0 Å². The second-order valence-corrected chi connectivity index (χ2v) is 3.88. The first-order valence-electron chi connectivity index (χ1n) is 1.41. The third-order valence-electron chi connectivity index (χ3n) is 0.321. The molecule has 6 heavy (non-hydrogen) atoms. The molecule has 0 aliphatic carbocycles. The van der Waals surface area contributed by atoms with Gasteiger partial charge in [0.05, 0.1) is 0 Å². The summed E-state index contributed by atoms with van der Waals surface area (Å²) in [6.07, 6.45) is 0. The third-order valence-corrected chi connectivity index (χ3v) is 2.91. The van der Waals surface area contributed by atoms with E-state index in [4.69, 9.17) is 8.85 Å². The summed E-state index contributed by atoms with van der Waals surface area (Å²) in [7, 11) is 2.15. The van der Waals surface area contributed by atoms with Crippen LogP contribution in [0.25, 0.3) is 0 Å². The second kappa shape index (κ2) is 3.79. The van der Waals surface area contributed by atoms with Gasteiger partial charge in [-0.15, -0.1) is 0 Å². The lowest BCUT2D eigenvalue weighted by molar-refractivity contribution is 0.303. The van der Waals surface area contributed by atoms with Crippen LogP contribution in [0.4, 0.5) is 0 Å². The zero-order valence-corrected chi connectivity index (χ0v) is 6.28. The summed E-state index contributed by atoms with van der Waals surface area (Å²) in [4.78, 5) is 0. The average molecular weight is 170 g/mol. The Hall–Kier alpha value is 0.617. The monoisotopic (exact) mass is 169 g/mol. The average Bonchev–Trinajstić information content (AvgIpc) is 1.65. The molecule has 0 spiro atoms. The van der Waals surface area contributed by atoms with Crippen molar-refractivity contribution in [1.29, 1.82) is 0 Å². The van der Waals surface area contributed by atoms with E-state index in [1.165, 1.54) is 0 Å². The van der Waals surface area contributed by atoms with Gasteiger partial charge >= 0.3 is 7.90 Å². The van der Waals surface area contributed by atoms with Crippen molar-refractivity contribution in [1.82, 2.24) is 0 Å². The van der Waals surface area contributed by atoms with Gasteiger partial charge in [-0.2, -0.15) is 0 Å². The Morgan fingerprint density at radius 3 is 1.67 bits per heavy atom. The van der Waals surface area contributed by atoms with Gasteiger partial charge in [0.1, 0.15) is 0 Å². The Morgan fingerprint density at radius 1 is 1.33 bits per heavy atom. The lowest BCUT2D eigenvalue weighted by Gasteiger charge is -1.95. The molecule has 0 heterocycles. The molecular weight excluding hydrogens is 164 g/mol. The lowest BCUT2D eigenvalue weighted by Crippen LogP contribution is -2.08. The minimum absolute atomic E-state index is 1.06. The van der Waals surface area contributed by atoms with E-state index in [1.807, 2.05) is 0 Å². The molecule has 0 aliphatic rings. The Balaban J connectivity index is 2.75. The standard InChI is InChI=1S/C2H6BrO2Si/c1-4-6(3)5-2/h1-2H3. The van der Waals surface area contributed by atoms with Crippen LogP contribution in [0.1, 0.15) is 0 Å². The summed E-state index contributed by atoms with van der Waals surface area (Å²) in [6.45, 7) is 0. The van der Waals surface area contributed by atoms with Gasteiger partial charge in [0, 0.05) is 14.2 Å². The van der Waals surface area contributed by atoms with Crippen LogP contribution in [0.3, 0.4) is 0 Å². The first-order chi connectivity index (χ1) is 2.81. The lowest BCUT2D eigenvalue weighted by atomic mass is 11.8. The summed E-state index contributed by atoms with van der Waals surface area (Å²) in [5.41, 5.74) is 0. The maximum absolute atomic E-state index is 4.70. The molecule has 0 saturated carbocycles. The molecule has 0 aromatic carbocycles. The fraction of sp³-hybridized carbons (Fsp3) is 1.00. The fourth-order valence-electron chi connectivity index (χ4n) is 0.0833. The highest BCUT2D eigenvalue weighted by atomic mass is 79.9. The molecule has 0 N–H and O–H groups in total. The van der Waals surface area contributed by atoms with Crippen LogP contribution in [-0.2, 0) is 8.85 Å². The highest BCUT2D eigenvalue weighted by molar-refractivity contribution is 9.24. The van der Waals surface area contributed by atoms with Crippen molar-refractivity contribution in [2.75, 3.05) is 14.2 Å². The largest absolute Gasteiger partial charge is 0.471 e. The molecule has 0 amide bonds. The summed E-state index contributed by atoms with van der Waals surface area (Å²) in [5.74, 6) is 0. The fourth-order valence-corrected chi connectivity index (χ4v) is 0.250. The summed E-state index contributed by atoms with van der Waals surface area (Å²) in [6, 6.07) is 0. The van der Waals surface area contributed by atoms with Gasteiger partial charge in [0.15, 0.2) is 0 Å². The molecule has 0 unspecified atom stereocenters. The van der Waals surface area contributed by atoms with Crippen molar-refractivity contribution in [3.8, 4) is 0 Å². The number of halogens is 1. The van der Waals surface area contributed by atoms with Gasteiger partial charge in [-0.1, -0.05) is 15.3 Å². The van der Waals surface area contributed by atoms with Gasteiger partial charge < -0.3 is 8.85 Å². The van der Waals surface area contributed by atoms with E-state index >= 15 is 0 Å². The van der Waals surface area contributed by atoms with Gasteiger partial charge in [-0.3, -0.25) is 0 Å². The molecule has 0 aromatic heterocycles. The van der Waals surface area contributed by atoms with E-state index in [9.17, 15) is 0 Å². The van der Waals surface area contributed by atoms with Crippen LogP contribution >= 0.6 is 15.3 Å². The van der Waals surface area contributed by atoms with Crippen LogP contribution in [0.2, 0.25) is 0 Å². The predicted octanol–water partition coefficient (Wildman–Crippen LogP) is 0.659. The minimum Gasteiger partial charge on any atom is -0.388 e. The Bertz CT molecular complexity index is 30.7. The number of hydrogen-bond donors (Lipinski definition) is 0. The molecule has 0 rings (SSSR count). The van der Waals surface area contributed by atoms with Crippen molar-refractivity contribution >= 4 is 23.2 Å². The topological polar surface area (TPSA) is 18.5 Å². The maximum Gasteiger partial charge on any atom is 0.471 e. The van der Waals surface area contributed by atoms with Crippen LogP contribution in [0.15, 0.2) is 0 Å². The molecule has 0 saturated heterocycles. The van der Waals surface area contributed by atoms with Crippen LogP contribution in [0.5, 0.6) is 0 Å². The quantitative estimate of drug-likeness (QED) is 0.447. The molecule has 0 fully saturated rings. The molecule has 1 radical (unpaired) electrons. The maximum atomic E-state index is 4.70. The Labute approximate surface area is 46.9 Å². The molecule has 0 aromatic rings. The van der Waals surface area contributed by atoms with Crippen molar-refractivity contribution in [2.24, 2.45) is 0 Å². The minimum atomic E-state index is -1.06. The normalized spacial score (nSPS) is 10.0. The summed E-state index contributed by atoms with van der Waals surface area (Å²) < 4.78 is 9.39. The molecular formula is C2H6BrO2Si. The van der Waals surface area contributed by atoms with E-state index in [1.54, 1.807) is 14.2 Å². The zero-order valence-electron chi connectivity index (χ0n) is 3.69. The van der Waals surface area contributed by atoms with Crippen molar-refractivity contribution < 1.29 is 8.85 Å². The molecule has 0 aliphatic heterocycles. The van der Waals surface area contributed by atoms with Gasteiger partial charge in [0.2, 0.25) is 0 Å². The van der Waals surface area contributed by atoms with E-state index in [-0.39, 0.29) is 0 Å². The molecule has 0 atom stereocenters. The highest BCUT2D eigenvalue weighted by Crippen LogP contribution is 1.90. The van der Waals surface area contributed by atoms with Gasteiger partial charge in [-0.05, 0) is 0 Å². The number of hydrogen-bond acceptors (Lipinski definition) is 2. The number of rotatable bonds is 2. The molecule has 2 nitrogen and oxygen atoms in total. The van der Waals surface area contributed by atoms with Gasteiger partial charge in [-0.25, -0.2) is 0 Å². The van der Waals surface area contributed by atoms with Crippen LogP contribution in [-0.4, -0.2) is 22.1 Å². The van der Waals surface area contributed by atoms with Gasteiger partial charge in [0.25, 0.3) is 0 Å². The summed E-state index contributed by atoms with van der Waals surface area (Å²) >= 11 is 3.13. The van der Waals surface area contributed by atoms with Crippen molar-refractivity contribution in [3.63, 3.8) is 0 Å². The van der Waals surface area contributed by atoms with E-state index < -0.39 is 7.90 Å². The highest BCUT2D eigenvalue weighted by Gasteiger charge is 2.01. The Kier molecular flexibility index (Phi) is 4.19. The van der Waals surface area contributed by atoms with Crippen molar-refractivity contribution in [2.45, 2.75) is 0 Å². The van der Waals surface area contributed by atoms with E-state index in [0.717, 1.165) is 0 Å².